The van der Waals surface area contributed by atoms with Crippen LogP contribution in [0.5, 0.6) is 34.5 Å². The molecule has 0 saturated carbocycles. The third-order valence-corrected chi connectivity index (χ3v) is 6.21. The molecule has 0 fully saturated rings. The molecule has 10 heteroatoms. The van der Waals surface area contributed by atoms with E-state index < -0.39 is 17.2 Å². The molecule has 0 amide bonds. The van der Waals surface area contributed by atoms with E-state index in [4.69, 9.17) is 19.2 Å². The summed E-state index contributed by atoms with van der Waals surface area (Å²) in [6.07, 6.45) is 1.38. The average molecular weight is 508 g/mol. The van der Waals surface area contributed by atoms with Gasteiger partial charge in [-0.1, -0.05) is 30.3 Å². The predicted molar refractivity (Wildman–Crippen MR) is 138 cm³/mol. The monoisotopic (exact) mass is 507 g/mol. The Morgan fingerprint density at radius 1 is 0.889 bits per heavy atom. The van der Waals surface area contributed by atoms with Crippen LogP contribution < -0.4 is 19.0 Å². The van der Waals surface area contributed by atoms with Crippen molar-refractivity contribution in [2.24, 2.45) is 10.1 Å². The van der Waals surface area contributed by atoms with E-state index in [1.54, 1.807) is 31.0 Å². The van der Waals surface area contributed by atoms with E-state index >= 15 is 0 Å². The molecule has 4 aromatic rings. The first-order chi connectivity index (χ1) is 17.5. The smallest absolute Gasteiger partial charge is 0.206 e. The topological polar surface area (TPSA) is 118 Å². The van der Waals surface area contributed by atoms with E-state index in [9.17, 15) is 15.3 Å². The van der Waals surface area contributed by atoms with Crippen molar-refractivity contribution < 1.29 is 29.5 Å². The Kier molecular flexibility index (Phi) is 7.45. The molecule has 36 heavy (non-hydrogen) atoms. The summed E-state index contributed by atoms with van der Waals surface area (Å²) in [5.74, 6) is -0.0910. The van der Waals surface area contributed by atoms with Crippen LogP contribution in [0.15, 0.2) is 70.1 Å². The largest absolute Gasteiger partial charge is 0.504 e. The number of phenolic OH excluding ortho intramolecular Hbond substituents is 3. The van der Waals surface area contributed by atoms with Crippen LogP contribution in [0.1, 0.15) is 11.1 Å². The molecule has 3 aromatic carbocycles. The number of hydrogen-bond acceptors (Lipinski definition) is 9. The minimum atomic E-state index is -0.617. The standard InChI is InChI=1S/C26H25N3O6S/c1-33-21-11-18(12-22(34-2)25(21)35-3)19-15-36-26(27-13-16-7-5-4-6-8-16)29(19)28-14-17-9-10-20(30)24(32)23(17)31/h4-12,14-15,30-32H,13H2,1-3H3. The second-order valence-corrected chi connectivity index (χ2v) is 8.38. The molecule has 1 aromatic heterocycles. The normalized spacial score (nSPS) is 11.7. The van der Waals surface area contributed by atoms with E-state index in [2.05, 4.69) is 5.10 Å². The molecule has 0 aliphatic heterocycles. The van der Waals surface area contributed by atoms with Crippen LogP contribution in [-0.4, -0.2) is 47.5 Å². The second kappa shape index (κ2) is 10.9. The van der Waals surface area contributed by atoms with Gasteiger partial charge in [0.1, 0.15) is 0 Å². The van der Waals surface area contributed by atoms with Crippen molar-refractivity contribution in [2.75, 3.05) is 21.3 Å². The zero-order valence-electron chi connectivity index (χ0n) is 19.9. The summed E-state index contributed by atoms with van der Waals surface area (Å²) in [5.41, 5.74) is 2.67. The van der Waals surface area contributed by atoms with Crippen molar-refractivity contribution in [3.05, 3.63) is 75.9 Å². The highest BCUT2D eigenvalue weighted by Crippen LogP contribution is 2.41. The summed E-state index contributed by atoms with van der Waals surface area (Å²) < 4.78 is 18.1. The van der Waals surface area contributed by atoms with E-state index in [0.29, 0.717) is 34.3 Å². The molecule has 0 unspecified atom stereocenters. The van der Waals surface area contributed by atoms with Gasteiger partial charge < -0.3 is 29.5 Å². The number of aromatic hydroxyl groups is 3. The number of ether oxygens (including phenoxy) is 3. The zero-order chi connectivity index (χ0) is 25.7. The van der Waals surface area contributed by atoms with Gasteiger partial charge in [0.2, 0.25) is 16.3 Å². The molecule has 4 rings (SSSR count). The first-order valence-corrected chi connectivity index (χ1v) is 11.7. The molecule has 0 bridgehead atoms. The van der Waals surface area contributed by atoms with Crippen LogP contribution in [-0.2, 0) is 6.54 Å². The average Bonchev–Trinajstić information content (AvgIpc) is 3.32. The van der Waals surface area contributed by atoms with Gasteiger partial charge >= 0.3 is 0 Å². The Bertz CT molecular complexity index is 1440. The fourth-order valence-corrected chi connectivity index (χ4v) is 4.33. The lowest BCUT2D eigenvalue weighted by molar-refractivity contribution is 0.324. The molecule has 0 radical (unpaired) electrons. The minimum Gasteiger partial charge on any atom is -0.504 e. The van der Waals surface area contributed by atoms with Crippen molar-refractivity contribution in [3.63, 3.8) is 0 Å². The van der Waals surface area contributed by atoms with Crippen molar-refractivity contribution in [2.45, 2.75) is 6.54 Å². The number of aromatic nitrogens is 1. The molecule has 3 N–H and O–H groups in total. The molecular weight excluding hydrogens is 482 g/mol. The Morgan fingerprint density at radius 3 is 2.22 bits per heavy atom. The van der Waals surface area contributed by atoms with Gasteiger partial charge in [-0.15, -0.1) is 11.3 Å². The second-order valence-electron chi connectivity index (χ2n) is 7.55. The van der Waals surface area contributed by atoms with Gasteiger partial charge in [-0.25, -0.2) is 4.68 Å². The molecule has 0 aliphatic carbocycles. The van der Waals surface area contributed by atoms with Crippen molar-refractivity contribution in [3.8, 4) is 45.8 Å². The lowest BCUT2D eigenvalue weighted by atomic mass is 10.1. The lowest BCUT2D eigenvalue weighted by Crippen LogP contribution is -2.12. The lowest BCUT2D eigenvalue weighted by Gasteiger charge is -2.14. The molecule has 0 spiro atoms. The summed E-state index contributed by atoms with van der Waals surface area (Å²) >= 11 is 1.39. The third kappa shape index (κ3) is 4.98. The van der Waals surface area contributed by atoms with E-state index in [1.807, 2.05) is 35.7 Å². The summed E-state index contributed by atoms with van der Waals surface area (Å²) in [7, 11) is 4.62. The number of thiazole rings is 1. The number of methoxy groups -OCH3 is 3. The van der Waals surface area contributed by atoms with Gasteiger partial charge in [-0.3, -0.25) is 4.99 Å². The summed E-state index contributed by atoms with van der Waals surface area (Å²) in [6.45, 7) is 0.441. The number of phenols is 3. The fraction of sp³-hybridized carbons (Fsp3) is 0.154. The van der Waals surface area contributed by atoms with Crippen LogP contribution in [0.3, 0.4) is 0 Å². The van der Waals surface area contributed by atoms with E-state index in [-0.39, 0.29) is 5.56 Å². The van der Waals surface area contributed by atoms with Gasteiger partial charge in [-0.2, -0.15) is 5.10 Å². The molecule has 9 nitrogen and oxygen atoms in total. The Labute approximate surface area is 211 Å². The van der Waals surface area contributed by atoms with Crippen LogP contribution in [0, 0.1) is 0 Å². The van der Waals surface area contributed by atoms with Crippen LogP contribution in [0.2, 0.25) is 0 Å². The maximum atomic E-state index is 10.2. The van der Waals surface area contributed by atoms with Gasteiger partial charge in [0, 0.05) is 16.5 Å². The first-order valence-electron chi connectivity index (χ1n) is 10.8. The van der Waals surface area contributed by atoms with Gasteiger partial charge in [0.15, 0.2) is 23.0 Å². The highest BCUT2D eigenvalue weighted by atomic mass is 32.1. The summed E-state index contributed by atoms with van der Waals surface area (Å²) in [4.78, 5) is 5.34. The van der Waals surface area contributed by atoms with Crippen molar-refractivity contribution in [1.82, 2.24) is 4.68 Å². The van der Waals surface area contributed by atoms with Crippen LogP contribution >= 0.6 is 11.3 Å². The number of benzene rings is 3. The minimum absolute atomic E-state index is 0.217. The first kappa shape index (κ1) is 24.7. The van der Waals surface area contributed by atoms with Crippen molar-refractivity contribution >= 4 is 17.6 Å². The fourth-order valence-electron chi connectivity index (χ4n) is 3.50. The highest BCUT2D eigenvalue weighted by Gasteiger charge is 2.17. The molecular formula is C26H25N3O6S. The van der Waals surface area contributed by atoms with Gasteiger partial charge in [-0.05, 0) is 29.8 Å². The summed E-state index contributed by atoms with van der Waals surface area (Å²) in [6, 6.07) is 16.2. The summed E-state index contributed by atoms with van der Waals surface area (Å²) in [5, 5.41) is 36.2. The zero-order valence-corrected chi connectivity index (χ0v) is 20.7. The Morgan fingerprint density at radius 2 is 1.58 bits per heavy atom. The molecule has 0 atom stereocenters. The van der Waals surface area contributed by atoms with Crippen LogP contribution in [0.4, 0.5) is 0 Å². The number of rotatable bonds is 8. The molecule has 1 heterocycles. The predicted octanol–water partition coefficient (Wildman–Crippen LogP) is 4.34. The SMILES string of the molecule is COc1cc(-c2csc(=NCc3ccccc3)n2N=Cc2ccc(O)c(O)c2O)cc(OC)c1OC. The maximum absolute atomic E-state index is 10.2. The van der Waals surface area contributed by atoms with Crippen molar-refractivity contribution in [1.29, 1.82) is 0 Å². The molecule has 186 valence electrons. The molecule has 0 saturated heterocycles. The Hall–Kier alpha value is -4.44. The Balaban J connectivity index is 1.86. The van der Waals surface area contributed by atoms with E-state index in [1.165, 1.54) is 36.8 Å². The maximum Gasteiger partial charge on any atom is 0.206 e. The number of hydrogen-bond donors (Lipinski definition) is 3. The highest BCUT2D eigenvalue weighted by molar-refractivity contribution is 7.07. The molecule has 0 aliphatic rings. The third-order valence-electron chi connectivity index (χ3n) is 5.36. The van der Waals surface area contributed by atoms with E-state index in [0.717, 1.165) is 11.1 Å². The number of nitrogens with zero attached hydrogens (tertiary/aromatic N) is 3. The van der Waals surface area contributed by atoms with Gasteiger partial charge in [0.05, 0.1) is 39.8 Å². The van der Waals surface area contributed by atoms with Gasteiger partial charge in [0.25, 0.3) is 0 Å². The van der Waals surface area contributed by atoms with Crippen LogP contribution in [0.25, 0.3) is 11.3 Å². The quantitative estimate of drug-likeness (QED) is 0.241.